The average molecular weight is 261 g/mol. The molecule has 0 radical (unpaired) electrons. The number of nitrogens with one attached hydrogen (secondary N) is 1. The van der Waals surface area contributed by atoms with Crippen LogP contribution in [-0.4, -0.2) is 35.0 Å². The summed E-state index contributed by atoms with van der Waals surface area (Å²) in [5.74, 6) is 0. The first-order valence-electron chi connectivity index (χ1n) is 6.51. The van der Waals surface area contributed by atoms with Crippen LogP contribution < -0.4 is 5.43 Å². The zero-order chi connectivity index (χ0) is 12.4. The van der Waals surface area contributed by atoms with Gasteiger partial charge in [-0.25, -0.2) is 0 Å². The third-order valence-corrected chi connectivity index (χ3v) is 5.05. The Bertz CT molecular complexity index is 436. The standard InChI is InChI=1S/C14H19N3S/c1-17-9-7-14(8-10-17)16-15-13(18-14)11-12-5-3-2-4-6-12/h2-6,16H,7-11H2,1H3. The molecule has 2 aliphatic heterocycles. The van der Waals surface area contributed by atoms with E-state index < -0.39 is 0 Å². The molecule has 0 aromatic heterocycles. The Hall–Kier alpha value is -1.00. The van der Waals surface area contributed by atoms with Gasteiger partial charge in [-0.3, -0.25) is 5.43 Å². The molecule has 0 bridgehead atoms. The zero-order valence-electron chi connectivity index (χ0n) is 10.7. The monoisotopic (exact) mass is 261 g/mol. The van der Waals surface area contributed by atoms with Crippen LogP contribution in [0, 0.1) is 0 Å². The summed E-state index contributed by atoms with van der Waals surface area (Å²) in [6.07, 6.45) is 3.31. The molecule has 1 N–H and O–H groups in total. The molecular weight excluding hydrogens is 242 g/mol. The normalized spacial score (nSPS) is 22.8. The molecule has 1 aromatic carbocycles. The van der Waals surface area contributed by atoms with E-state index in [9.17, 15) is 0 Å². The summed E-state index contributed by atoms with van der Waals surface area (Å²) in [7, 11) is 2.19. The largest absolute Gasteiger partial charge is 0.306 e. The summed E-state index contributed by atoms with van der Waals surface area (Å²) in [5.41, 5.74) is 4.73. The number of thioether (sulfide) groups is 1. The molecule has 0 aliphatic carbocycles. The van der Waals surface area contributed by atoms with Crippen molar-refractivity contribution in [1.82, 2.24) is 10.3 Å². The maximum Gasteiger partial charge on any atom is 0.108 e. The first-order valence-corrected chi connectivity index (χ1v) is 7.33. The van der Waals surface area contributed by atoms with E-state index in [2.05, 4.69) is 52.8 Å². The average Bonchev–Trinajstić information content (AvgIpc) is 2.78. The Balaban J connectivity index is 1.61. The van der Waals surface area contributed by atoms with Crippen molar-refractivity contribution in [3.05, 3.63) is 35.9 Å². The van der Waals surface area contributed by atoms with Gasteiger partial charge < -0.3 is 4.90 Å². The summed E-state index contributed by atoms with van der Waals surface area (Å²) < 4.78 is 0. The Kier molecular flexibility index (Phi) is 3.31. The van der Waals surface area contributed by atoms with Gasteiger partial charge in [-0.2, -0.15) is 5.10 Å². The Morgan fingerprint density at radius 2 is 2.00 bits per heavy atom. The predicted molar refractivity (Wildman–Crippen MR) is 77.8 cm³/mol. The van der Waals surface area contributed by atoms with Gasteiger partial charge >= 0.3 is 0 Å². The number of hydrogen-bond acceptors (Lipinski definition) is 4. The van der Waals surface area contributed by atoms with Crippen LogP contribution in [0.3, 0.4) is 0 Å². The van der Waals surface area contributed by atoms with Gasteiger partial charge in [0.25, 0.3) is 0 Å². The number of piperidine rings is 1. The molecule has 1 saturated heterocycles. The molecule has 96 valence electrons. The molecule has 0 amide bonds. The minimum Gasteiger partial charge on any atom is -0.306 e. The Labute approximate surface area is 113 Å². The van der Waals surface area contributed by atoms with Gasteiger partial charge in [0, 0.05) is 19.5 Å². The van der Waals surface area contributed by atoms with E-state index in [0.717, 1.165) is 19.5 Å². The van der Waals surface area contributed by atoms with Gasteiger partial charge in [-0.1, -0.05) is 42.1 Å². The molecule has 3 rings (SSSR count). The van der Waals surface area contributed by atoms with E-state index in [1.54, 1.807) is 0 Å². The molecule has 1 aromatic rings. The lowest BCUT2D eigenvalue weighted by Crippen LogP contribution is -2.46. The van der Waals surface area contributed by atoms with Crippen molar-refractivity contribution in [2.45, 2.75) is 24.1 Å². The fourth-order valence-corrected chi connectivity index (χ4v) is 3.73. The molecule has 0 unspecified atom stereocenters. The van der Waals surface area contributed by atoms with Crippen molar-refractivity contribution in [1.29, 1.82) is 0 Å². The van der Waals surface area contributed by atoms with Crippen molar-refractivity contribution >= 4 is 16.8 Å². The molecule has 2 aliphatic rings. The van der Waals surface area contributed by atoms with Crippen LogP contribution in [0.1, 0.15) is 18.4 Å². The quantitative estimate of drug-likeness (QED) is 0.885. The topological polar surface area (TPSA) is 27.6 Å². The second kappa shape index (κ2) is 4.94. The van der Waals surface area contributed by atoms with Crippen LogP contribution in [0.25, 0.3) is 0 Å². The molecule has 0 atom stereocenters. The molecule has 4 heteroatoms. The van der Waals surface area contributed by atoms with Gasteiger partial charge in [0.05, 0.1) is 5.04 Å². The molecular formula is C14H19N3S. The number of nitrogens with zero attached hydrogens (tertiary/aromatic N) is 2. The fourth-order valence-electron chi connectivity index (χ4n) is 2.48. The molecule has 1 fully saturated rings. The van der Waals surface area contributed by atoms with Crippen molar-refractivity contribution in [2.24, 2.45) is 5.10 Å². The van der Waals surface area contributed by atoms with Gasteiger partial charge in [0.15, 0.2) is 0 Å². The van der Waals surface area contributed by atoms with Crippen LogP contribution in [0.4, 0.5) is 0 Å². The van der Waals surface area contributed by atoms with E-state index >= 15 is 0 Å². The second-order valence-corrected chi connectivity index (χ2v) is 6.64. The molecule has 0 saturated carbocycles. The summed E-state index contributed by atoms with van der Waals surface area (Å²) in [5, 5.41) is 5.77. The molecule has 1 spiro atoms. The van der Waals surface area contributed by atoms with E-state index in [1.165, 1.54) is 23.4 Å². The molecule has 3 nitrogen and oxygen atoms in total. The summed E-state index contributed by atoms with van der Waals surface area (Å²) >= 11 is 1.94. The highest BCUT2D eigenvalue weighted by Gasteiger charge is 2.39. The van der Waals surface area contributed by atoms with E-state index in [1.807, 2.05) is 11.8 Å². The number of hydrazone groups is 1. The Morgan fingerprint density at radius 1 is 1.28 bits per heavy atom. The lowest BCUT2D eigenvalue weighted by atomic mass is 10.1. The highest BCUT2D eigenvalue weighted by molar-refractivity contribution is 8.15. The van der Waals surface area contributed by atoms with Gasteiger partial charge in [-0.05, 0) is 25.5 Å². The minimum atomic E-state index is 0.177. The fraction of sp³-hybridized carbons (Fsp3) is 0.500. The van der Waals surface area contributed by atoms with E-state index in [0.29, 0.717) is 0 Å². The third kappa shape index (κ3) is 2.54. The predicted octanol–water partition coefficient (Wildman–Crippen LogP) is 2.30. The second-order valence-electron chi connectivity index (χ2n) is 5.18. The third-order valence-electron chi connectivity index (χ3n) is 3.69. The number of benzene rings is 1. The number of likely N-dealkylation sites (tertiary alicyclic amines) is 1. The minimum absolute atomic E-state index is 0.177. The zero-order valence-corrected chi connectivity index (χ0v) is 11.5. The summed E-state index contributed by atoms with van der Waals surface area (Å²) in [4.78, 5) is 2.57. The molecule has 18 heavy (non-hydrogen) atoms. The van der Waals surface area contributed by atoms with Crippen LogP contribution in [0.2, 0.25) is 0 Å². The number of hydrogen-bond donors (Lipinski definition) is 1. The van der Waals surface area contributed by atoms with Gasteiger partial charge in [-0.15, -0.1) is 0 Å². The van der Waals surface area contributed by atoms with Crippen molar-refractivity contribution in [3.63, 3.8) is 0 Å². The first-order chi connectivity index (χ1) is 8.76. The smallest absolute Gasteiger partial charge is 0.108 e. The van der Waals surface area contributed by atoms with Crippen molar-refractivity contribution < 1.29 is 0 Å². The highest BCUT2D eigenvalue weighted by atomic mass is 32.2. The summed E-state index contributed by atoms with van der Waals surface area (Å²) in [6, 6.07) is 10.6. The lowest BCUT2D eigenvalue weighted by molar-refractivity contribution is 0.221. The maximum absolute atomic E-state index is 4.54. The number of rotatable bonds is 2. The summed E-state index contributed by atoms with van der Waals surface area (Å²) in [6.45, 7) is 2.32. The van der Waals surface area contributed by atoms with Crippen molar-refractivity contribution in [2.75, 3.05) is 20.1 Å². The van der Waals surface area contributed by atoms with Crippen LogP contribution in [-0.2, 0) is 6.42 Å². The van der Waals surface area contributed by atoms with Gasteiger partial charge in [0.2, 0.25) is 0 Å². The van der Waals surface area contributed by atoms with Gasteiger partial charge in [0.1, 0.15) is 4.87 Å². The lowest BCUT2D eigenvalue weighted by Gasteiger charge is -2.36. The van der Waals surface area contributed by atoms with E-state index in [-0.39, 0.29) is 4.87 Å². The Morgan fingerprint density at radius 3 is 2.72 bits per heavy atom. The first kappa shape index (κ1) is 12.1. The van der Waals surface area contributed by atoms with Crippen LogP contribution >= 0.6 is 11.8 Å². The maximum atomic E-state index is 4.54. The van der Waals surface area contributed by atoms with Crippen molar-refractivity contribution in [3.8, 4) is 0 Å². The SMILES string of the molecule is CN1CCC2(CC1)NN=C(Cc1ccccc1)S2. The molecule has 2 heterocycles. The van der Waals surface area contributed by atoms with Crippen LogP contribution in [0.15, 0.2) is 35.4 Å². The van der Waals surface area contributed by atoms with E-state index in [4.69, 9.17) is 0 Å². The highest BCUT2D eigenvalue weighted by Crippen LogP contribution is 2.38. The van der Waals surface area contributed by atoms with Crippen LogP contribution in [0.5, 0.6) is 0 Å².